The summed E-state index contributed by atoms with van der Waals surface area (Å²) < 4.78 is 5.47. The van der Waals surface area contributed by atoms with Gasteiger partial charge in [0.2, 0.25) is 0 Å². The average Bonchev–Trinajstić information content (AvgIpc) is 2.16. The first-order valence-corrected chi connectivity index (χ1v) is 5.39. The van der Waals surface area contributed by atoms with E-state index >= 15 is 0 Å². The van der Waals surface area contributed by atoms with E-state index in [2.05, 4.69) is 6.58 Å². The van der Waals surface area contributed by atoms with Crippen molar-refractivity contribution in [2.45, 2.75) is 38.9 Å². The summed E-state index contributed by atoms with van der Waals surface area (Å²) in [6.07, 6.45) is 1.44. The summed E-state index contributed by atoms with van der Waals surface area (Å²) in [5, 5.41) is 9.95. The van der Waals surface area contributed by atoms with E-state index in [1.54, 1.807) is 13.8 Å². The largest absolute Gasteiger partial charge is 0.491 e. The predicted molar refractivity (Wildman–Crippen MR) is 66.0 cm³/mol. The number of aliphatic hydroxyl groups is 1. The van der Waals surface area contributed by atoms with Crippen LogP contribution >= 0.6 is 0 Å². The van der Waals surface area contributed by atoms with Crippen molar-refractivity contribution in [1.82, 2.24) is 0 Å². The van der Waals surface area contributed by atoms with Gasteiger partial charge in [0.15, 0.2) is 0 Å². The molecule has 2 nitrogen and oxygen atoms in total. The van der Waals surface area contributed by atoms with Crippen molar-refractivity contribution >= 4 is 0 Å². The summed E-state index contributed by atoms with van der Waals surface area (Å²) in [5.74, 6) is 0. The Bertz CT molecular complexity index is 373. The predicted octanol–water partition coefficient (Wildman–Crippen LogP) is 3.31. The Balaban J connectivity index is 3.12. The molecule has 2 heteroatoms. The fourth-order valence-electron chi connectivity index (χ4n) is 1.55. The van der Waals surface area contributed by atoms with Crippen molar-refractivity contribution in [3.63, 3.8) is 0 Å². The fraction of sp³-hybridized carbons (Fsp3) is 0.429. The molecular formula is C14H20O2. The molecule has 0 radical (unpaired) electrons. The van der Waals surface area contributed by atoms with Gasteiger partial charge in [-0.3, -0.25) is 0 Å². The van der Waals surface area contributed by atoms with Gasteiger partial charge in [-0.2, -0.15) is 0 Å². The topological polar surface area (TPSA) is 29.5 Å². The molecule has 0 aliphatic rings. The molecule has 0 unspecified atom stereocenters. The minimum absolute atomic E-state index is 0.428. The molecule has 0 atom stereocenters. The second-order valence-electron chi connectivity index (χ2n) is 4.93. The Morgan fingerprint density at radius 1 is 1.19 bits per heavy atom. The molecule has 0 amide bonds. The van der Waals surface area contributed by atoms with Crippen LogP contribution in [0.3, 0.4) is 0 Å². The van der Waals surface area contributed by atoms with E-state index in [1.807, 2.05) is 38.1 Å². The lowest BCUT2D eigenvalue weighted by molar-refractivity contribution is 0.0542. The van der Waals surface area contributed by atoms with Crippen molar-refractivity contribution in [1.29, 1.82) is 0 Å². The van der Waals surface area contributed by atoms with Crippen LogP contribution in [0.2, 0.25) is 0 Å². The Morgan fingerprint density at radius 3 is 2.25 bits per heavy atom. The number of hydrogen-bond donors (Lipinski definition) is 1. The summed E-state index contributed by atoms with van der Waals surface area (Å²) >= 11 is 0. The highest BCUT2D eigenvalue weighted by atomic mass is 16.5. The molecule has 0 heterocycles. The molecule has 1 aromatic rings. The van der Waals surface area contributed by atoms with Gasteiger partial charge in [-0.15, -0.1) is 0 Å². The molecule has 0 spiro atoms. The average molecular weight is 220 g/mol. The van der Waals surface area contributed by atoms with E-state index < -0.39 is 11.2 Å². The highest BCUT2D eigenvalue weighted by Crippen LogP contribution is 2.28. The molecule has 1 rings (SSSR count). The van der Waals surface area contributed by atoms with Crippen molar-refractivity contribution < 1.29 is 9.84 Å². The zero-order valence-electron chi connectivity index (χ0n) is 10.4. The lowest BCUT2D eigenvalue weighted by Crippen LogP contribution is -2.21. The SMILES string of the molecule is C=COC(C)(C)c1cccc(C(C)(C)O)c1. The van der Waals surface area contributed by atoms with E-state index in [0.717, 1.165) is 11.1 Å². The molecule has 0 bridgehead atoms. The first-order chi connectivity index (χ1) is 7.27. The van der Waals surface area contributed by atoms with Crippen molar-refractivity contribution in [2.24, 2.45) is 0 Å². The standard InChI is InChI=1S/C14H20O2/c1-6-16-14(4,5)12-9-7-8-11(10-12)13(2,3)15/h6-10,15H,1H2,2-5H3. The summed E-state index contributed by atoms with van der Waals surface area (Å²) in [5.41, 5.74) is 0.640. The Hall–Kier alpha value is -1.28. The maximum absolute atomic E-state index is 9.95. The van der Waals surface area contributed by atoms with Crippen LogP contribution < -0.4 is 0 Å². The number of benzene rings is 1. The summed E-state index contributed by atoms with van der Waals surface area (Å²) in [7, 11) is 0. The maximum atomic E-state index is 9.95. The third-order valence-corrected chi connectivity index (χ3v) is 2.64. The minimum Gasteiger partial charge on any atom is -0.491 e. The van der Waals surface area contributed by atoms with Gasteiger partial charge in [-0.05, 0) is 44.9 Å². The van der Waals surface area contributed by atoms with Gasteiger partial charge in [-0.25, -0.2) is 0 Å². The van der Waals surface area contributed by atoms with Gasteiger partial charge in [0.1, 0.15) is 5.60 Å². The third-order valence-electron chi connectivity index (χ3n) is 2.64. The van der Waals surface area contributed by atoms with Gasteiger partial charge in [0.25, 0.3) is 0 Å². The number of hydrogen-bond acceptors (Lipinski definition) is 2. The summed E-state index contributed by atoms with van der Waals surface area (Å²) in [4.78, 5) is 0. The van der Waals surface area contributed by atoms with Crippen LogP contribution in [0.1, 0.15) is 38.8 Å². The smallest absolute Gasteiger partial charge is 0.127 e. The van der Waals surface area contributed by atoms with Crippen molar-refractivity contribution in [2.75, 3.05) is 0 Å². The van der Waals surface area contributed by atoms with E-state index in [4.69, 9.17) is 4.74 Å². The maximum Gasteiger partial charge on any atom is 0.127 e. The van der Waals surface area contributed by atoms with Gasteiger partial charge < -0.3 is 9.84 Å². The normalized spacial score (nSPS) is 12.3. The minimum atomic E-state index is -0.833. The Morgan fingerprint density at radius 2 is 1.75 bits per heavy atom. The molecule has 1 aromatic carbocycles. The molecule has 0 aromatic heterocycles. The molecule has 0 aliphatic carbocycles. The quantitative estimate of drug-likeness (QED) is 0.789. The van der Waals surface area contributed by atoms with Crippen molar-refractivity contribution in [3.05, 3.63) is 48.2 Å². The molecular weight excluding hydrogens is 200 g/mol. The zero-order chi connectivity index (χ0) is 12.4. The van der Waals surface area contributed by atoms with Gasteiger partial charge in [-0.1, -0.05) is 24.8 Å². The fourth-order valence-corrected chi connectivity index (χ4v) is 1.55. The second-order valence-corrected chi connectivity index (χ2v) is 4.93. The molecule has 0 saturated heterocycles. The van der Waals surface area contributed by atoms with E-state index in [9.17, 15) is 5.11 Å². The van der Waals surface area contributed by atoms with E-state index in [1.165, 1.54) is 6.26 Å². The van der Waals surface area contributed by atoms with Crippen LogP contribution in [0.4, 0.5) is 0 Å². The van der Waals surface area contributed by atoms with Gasteiger partial charge in [0, 0.05) is 0 Å². The highest BCUT2D eigenvalue weighted by molar-refractivity contribution is 5.30. The first-order valence-electron chi connectivity index (χ1n) is 5.39. The Labute approximate surface area is 97.6 Å². The molecule has 0 saturated carbocycles. The van der Waals surface area contributed by atoms with Crippen LogP contribution in [-0.2, 0) is 15.9 Å². The lowest BCUT2D eigenvalue weighted by atomic mass is 9.91. The monoisotopic (exact) mass is 220 g/mol. The molecule has 1 N–H and O–H groups in total. The highest BCUT2D eigenvalue weighted by Gasteiger charge is 2.23. The van der Waals surface area contributed by atoms with Gasteiger partial charge in [0.05, 0.1) is 11.9 Å². The van der Waals surface area contributed by atoms with Gasteiger partial charge >= 0.3 is 0 Å². The first kappa shape index (κ1) is 12.8. The van der Waals surface area contributed by atoms with E-state index in [0.29, 0.717) is 0 Å². The number of ether oxygens (including phenoxy) is 1. The zero-order valence-corrected chi connectivity index (χ0v) is 10.4. The Kier molecular flexibility index (Phi) is 3.44. The summed E-state index contributed by atoms with van der Waals surface area (Å²) in [6.45, 7) is 11.1. The lowest BCUT2D eigenvalue weighted by Gasteiger charge is -2.27. The number of rotatable bonds is 4. The van der Waals surface area contributed by atoms with E-state index in [-0.39, 0.29) is 0 Å². The molecule has 16 heavy (non-hydrogen) atoms. The summed E-state index contributed by atoms with van der Waals surface area (Å²) in [6, 6.07) is 7.78. The van der Waals surface area contributed by atoms with Crippen LogP contribution in [0, 0.1) is 0 Å². The van der Waals surface area contributed by atoms with Crippen LogP contribution in [0.25, 0.3) is 0 Å². The second kappa shape index (κ2) is 4.30. The van der Waals surface area contributed by atoms with Crippen LogP contribution in [-0.4, -0.2) is 5.11 Å². The molecule has 0 aliphatic heterocycles. The molecule has 0 fully saturated rings. The van der Waals surface area contributed by atoms with Crippen LogP contribution in [0.5, 0.6) is 0 Å². The van der Waals surface area contributed by atoms with Crippen LogP contribution in [0.15, 0.2) is 37.1 Å². The third kappa shape index (κ3) is 2.86. The van der Waals surface area contributed by atoms with Crippen molar-refractivity contribution in [3.8, 4) is 0 Å². The molecule has 88 valence electrons.